The molecule has 76 valence electrons. The van der Waals surface area contributed by atoms with E-state index in [1.165, 1.54) is 11.7 Å². The molecule has 0 bridgehead atoms. The Morgan fingerprint density at radius 2 is 2.29 bits per heavy atom. The fourth-order valence-electron chi connectivity index (χ4n) is 1.07. The Morgan fingerprint density at radius 1 is 1.64 bits per heavy atom. The molecule has 1 rings (SSSR count). The molecule has 1 aromatic rings. The van der Waals surface area contributed by atoms with Crippen LogP contribution in [-0.4, -0.2) is 22.8 Å². The second-order valence-electron chi connectivity index (χ2n) is 2.70. The first-order valence-corrected chi connectivity index (χ1v) is 3.91. The molecule has 14 heavy (non-hydrogen) atoms. The topological polar surface area (TPSA) is 50.8 Å². The van der Waals surface area contributed by atoms with E-state index in [0.29, 0.717) is 5.69 Å². The van der Waals surface area contributed by atoms with Crippen molar-refractivity contribution in [3.05, 3.63) is 11.3 Å². The Kier molecular flexibility index (Phi) is 3.02. The van der Waals surface area contributed by atoms with Gasteiger partial charge in [-0.05, 0) is 6.92 Å². The van der Waals surface area contributed by atoms with Gasteiger partial charge in [0.1, 0.15) is 11.6 Å². The van der Waals surface area contributed by atoms with Crippen molar-refractivity contribution in [2.45, 2.75) is 13.3 Å². The number of hydrogen-bond donors (Lipinski definition) is 0. The largest absolute Gasteiger partial charge is 0.471 e. The van der Waals surface area contributed by atoms with Gasteiger partial charge in [0.25, 0.3) is 6.43 Å². The minimum Gasteiger partial charge on any atom is -0.471 e. The number of halogens is 2. The van der Waals surface area contributed by atoms with E-state index in [1.54, 1.807) is 6.92 Å². The molecule has 1 aromatic heterocycles. The molecule has 0 unspecified atom stereocenters. The van der Waals surface area contributed by atoms with Gasteiger partial charge in [0.15, 0.2) is 6.61 Å². The van der Waals surface area contributed by atoms with Crippen LogP contribution in [0.3, 0.4) is 0 Å². The van der Waals surface area contributed by atoms with E-state index in [1.807, 2.05) is 6.07 Å². The summed E-state index contributed by atoms with van der Waals surface area (Å²) in [7, 11) is 1.54. The summed E-state index contributed by atoms with van der Waals surface area (Å²) >= 11 is 0. The number of hydrogen-bond acceptors (Lipinski definition) is 3. The molecule has 0 saturated carbocycles. The van der Waals surface area contributed by atoms with E-state index in [2.05, 4.69) is 5.10 Å². The molecule has 0 aromatic carbocycles. The third kappa shape index (κ3) is 1.99. The molecule has 0 aliphatic carbocycles. The van der Waals surface area contributed by atoms with Gasteiger partial charge < -0.3 is 4.74 Å². The Hall–Kier alpha value is -1.64. The third-order valence-electron chi connectivity index (χ3n) is 1.63. The van der Waals surface area contributed by atoms with Crippen LogP contribution in [0.15, 0.2) is 0 Å². The Labute approximate surface area is 79.7 Å². The van der Waals surface area contributed by atoms with Gasteiger partial charge in [0.2, 0.25) is 5.88 Å². The van der Waals surface area contributed by atoms with Gasteiger partial charge in [-0.25, -0.2) is 13.5 Å². The molecule has 0 N–H and O–H groups in total. The second-order valence-corrected chi connectivity index (χ2v) is 2.70. The van der Waals surface area contributed by atoms with Crippen LogP contribution in [0.1, 0.15) is 11.3 Å². The molecule has 0 aliphatic rings. The number of ether oxygens (including phenoxy) is 1. The number of rotatable bonds is 3. The maximum atomic E-state index is 11.9. The van der Waals surface area contributed by atoms with Crippen molar-refractivity contribution in [2.75, 3.05) is 6.61 Å². The smallest absolute Gasteiger partial charge is 0.272 e. The molecular weight excluding hydrogens is 192 g/mol. The van der Waals surface area contributed by atoms with Gasteiger partial charge in [-0.3, -0.25) is 0 Å². The van der Waals surface area contributed by atoms with Gasteiger partial charge in [-0.1, -0.05) is 0 Å². The molecule has 4 nitrogen and oxygen atoms in total. The van der Waals surface area contributed by atoms with Gasteiger partial charge in [0, 0.05) is 7.05 Å². The van der Waals surface area contributed by atoms with E-state index in [-0.39, 0.29) is 11.4 Å². The minimum absolute atomic E-state index is 0.0882. The monoisotopic (exact) mass is 201 g/mol. The molecule has 0 aliphatic heterocycles. The van der Waals surface area contributed by atoms with E-state index in [4.69, 9.17) is 10.00 Å². The van der Waals surface area contributed by atoms with Gasteiger partial charge in [-0.2, -0.15) is 10.4 Å². The lowest BCUT2D eigenvalue weighted by Gasteiger charge is -2.04. The minimum atomic E-state index is -2.56. The van der Waals surface area contributed by atoms with Crippen LogP contribution in [0.4, 0.5) is 8.78 Å². The average Bonchev–Trinajstić information content (AvgIpc) is 2.36. The number of nitriles is 1. The molecule has 0 atom stereocenters. The van der Waals surface area contributed by atoms with Gasteiger partial charge in [0.05, 0.1) is 5.69 Å². The standard InChI is InChI=1S/C8H9F2N3O/c1-5-6(3-11)8(13(2)12-5)14-4-7(9)10/h7H,4H2,1-2H3. The lowest BCUT2D eigenvalue weighted by atomic mass is 10.3. The van der Waals surface area contributed by atoms with E-state index >= 15 is 0 Å². The summed E-state index contributed by atoms with van der Waals surface area (Å²) in [5, 5.41) is 12.6. The molecule has 1 heterocycles. The molecular formula is C8H9F2N3O. The van der Waals surface area contributed by atoms with Crippen molar-refractivity contribution in [1.82, 2.24) is 9.78 Å². The molecule has 0 spiro atoms. The third-order valence-corrected chi connectivity index (χ3v) is 1.63. The fourth-order valence-corrected chi connectivity index (χ4v) is 1.07. The van der Waals surface area contributed by atoms with Crippen LogP contribution >= 0.6 is 0 Å². The summed E-state index contributed by atoms with van der Waals surface area (Å²) in [4.78, 5) is 0. The van der Waals surface area contributed by atoms with Crippen molar-refractivity contribution in [1.29, 1.82) is 5.26 Å². The van der Waals surface area contributed by atoms with Gasteiger partial charge in [-0.15, -0.1) is 0 Å². The van der Waals surface area contributed by atoms with Crippen LogP contribution in [0.5, 0.6) is 5.88 Å². The summed E-state index contributed by atoms with van der Waals surface area (Å²) in [5.41, 5.74) is 0.674. The number of aromatic nitrogens is 2. The summed E-state index contributed by atoms with van der Waals surface area (Å²) in [6.45, 7) is 0.890. The highest BCUT2D eigenvalue weighted by Gasteiger charge is 2.15. The number of alkyl halides is 2. The maximum absolute atomic E-state index is 11.9. The van der Waals surface area contributed by atoms with Crippen LogP contribution in [-0.2, 0) is 7.05 Å². The van der Waals surface area contributed by atoms with Crippen LogP contribution in [0.25, 0.3) is 0 Å². The van der Waals surface area contributed by atoms with Crippen molar-refractivity contribution >= 4 is 0 Å². The van der Waals surface area contributed by atoms with Crippen molar-refractivity contribution in [3.8, 4) is 11.9 Å². The second kappa shape index (κ2) is 4.05. The zero-order valence-corrected chi connectivity index (χ0v) is 7.79. The normalized spacial score (nSPS) is 10.3. The molecule has 0 fully saturated rings. The molecule has 0 amide bonds. The lowest BCUT2D eigenvalue weighted by molar-refractivity contribution is 0.0773. The van der Waals surface area contributed by atoms with E-state index in [9.17, 15) is 8.78 Å². The first-order valence-electron chi connectivity index (χ1n) is 3.91. The maximum Gasteiger partial charge on any atom is 0.272 e. The SMILES string of the molecule is Cc1nn(C)c(OCC(F)F)c1C#N. The fraction of sp³-hybridized carbons (Fsp3) is 0.500. The van der Waals surface area contributed by atoms with E-state index in [0.717, 1.165) is 0 Å². The predicted molar refractivity (Wildman–Crippen MR) is 44.2 cm³/mol. The quantitative estimate of drug-likeness (QED) is 0.739. The lowest BCUT2D eigenvalue weighted by Crippen LogP contribution is -2.10. The number of aryl methyl sites for hydroxylation is 2. The first-order chi connectivity index (χ1) is 6.56. The zero-order valence-electron chi connectivity index (χ0n) is 7.79. The highest BCUT2D eigenvalue weighted by molar-refractivity contribution is 5.41. The highest BCUT2D eigenvalue weighted by atomic mass is 19.3. The van der Waals surface area contributed by atoms with E-state index < -0.39 is 13.0 Å². The van der Waals surface area contributed by atoms with Crippen LogP contribution in [0.2, 0.25) is 0 Å². The summed E-state index contributed by atoms with van der Waals surface area (Å²) < 4.78 is 29.8. The van der Waals surface area contributed by atoms with Crippen LogP contribution in [0, 0.1) is 18.3 Å². The predicted octanol–water partition coefficient (Wildman–Crippen LogP) is 1.24. The number of nitrogens with zero attached hydrogens (tertiary/aromatic N) is 3. The van der Waals surface area contributed by atoms with Gasteiger partial charge >= 0.3 is 0 Å². The van der Waals surface area contributed by atoms with Crippen molar-refractivity contribution < 1.29 is 13.5 Å². The average molecular weight is 201 g/mol. The van der Waals surface area contributed by atoms with Crippen LogP contribution < -0.4 is 4.74 Å². The molecule has 0 radical (unpaired) electrons. The zero-order chi connectivity index (χ0) is 10.7. The summed E-state index contributed by atoms with van der Waals surface area (Å²) in [5.74, 6) is 0.0882. The summed E-state index contributed by atoms with van der Waals surface area (Å²) in [6.07, 6.45) is -2.56. The van der Waals surface area contributed by atoms with Crippen molar-refractivity contribution in [3.63, 3.8) is 0 Å². The Bertz CT molecular complexity index is 367. The molecule has 0 saturated heterocycles. The first kappa shape index (κ1) is 10.4. The Balaban J connectivity index is 2.90. The summed E-state index contributed by atoms with van der Waals surface area (Å²) in [6, 6.07) is 1.86. The Morgan fingerprint density at radius 3 is 2.79 bits per heavy atom. The molecule has 6 heteroatoms. The highest BCUT2D eigenvalue weighted by Crippen LogP contribution is 2.20. The van der Waals surface area contributed by atoms with Crippen molar-refractivity contribution in [2.24, 2.45) is 7.05 Å².